The van der Waals surface area contributed by atoms with Gasteiger partial charge in [0.25, 0.3) is 0 Å². The van der Waals surface area contributed by atoms with E-state index in [0.717, 1.165) is 16.5 Å². The fourth-order valence-electron chi connectivity index (χ4n) is 2.57. The van der Waals surface area contributed by atoms with Crippen molar-refractivity contribution in [3.63, 3.8) is 0 Å². The van der Waals surface area contributed by atoms with Crippen molar-refractivity contribution in [2.75, 3.05) is 6.54 Å². The zero-order valence-corrected chi connectivity index (χ0v) is 16.2. The Morgan fingerprint density at radius 3 is 2.61 bits per heavy atom. The number of benzene rings is 2. The van der Waals surface area contributed by atoms with Gasteiger partial charge in [-0.2, -0.15) is 0 Å². The number of rotatable bonds is 6. The van der Waals surface area contributed by atoms with Gasteiger partial charge in [0.2, 0.25) is 0 Å². The second-order valence-electron chi connectivity index (χ2n) is 5.88. The molecule has 3 aromatic rings. The lowest BCUT2D eigenvalue weighted by atomic mass is 10.1. The molecule has 0 bridgehead atoms. The van der Waals surface area contributed by atoms with E-state index >= 15 is 0 Å². The summed E-state index contributed by atoms with van der Waals surface area (Å²) in [4.78, 5) is 23.0. The highest BCUT2D eigenvalue weighted by Gasteiger charge is 2.08. The number of nitrogens with one attached hydrogen (secondary N) is 1. The molecule has 9 heteroatoms. The molecule has 7 nitrogen and oxygen atoms in total. The first kappa shape index (κ1) is 19.7. The van der Waals surface area contributed by atoms with E-state index in [2.05, 4.69) is 15.0 Å². The number of aromatic amines is 1. The lowest BCUT2D eigenvalue weighted by molar-refractivity contribution is -0.132. The number of aromatic nitrogens is 1. The average Bonchev–Trinajstić information content (AvgIpc) is 3.02. The van der Waals surface area contributed by atoms with E-state index in [4.69, 9.17) is 39.4 Å². The largest absolute Gasteiger partial charge is 0.425 e. The molecule has 1 heterocycles. The molecular formula is C19H17Cl2N5O2. The first-order valence-electron chi connectivity index (χ1n) is 8.25. The van der Waals surface area contributed by atoms with E-state index in [0.29, 0.717) is 27.9 Å². The summed E-state index contributed by atoms with van der Waals surface area (Å²) in [5.74, 6) is -0.312. The number of carbonyl (C=O) groups is 1. The number of H-pyrrole nitrogens is 1. The number of esters is 1. The quantitative estimate of drug-likeness (QED) is 0.245. The van der Waals surface area contributed by atoms with Crippen LogP contribution in [0.4, 0.5) is 5.69 Å². The van der Waals surface area contributed by atoms with Crippen molar-refractivity contribution < 1.29 is 9.53 Å². The van der Waals surface area contributed by atoms with Crippen LogP contribution in [0, 0.1) is 0 Å². The van der Waals surface area contributed by atoms with Crippen molar-refractivity contribution in [2.45, 2.75) is 6.42 Å². The Balaban J connectivity index is 1.74. The molecule has 0 unspecified atom stereocenters. The lowest BCUT2D eigenvalue weighted by Crippen LogP contribution is -2.25. The second kappa shape index (κ2) is 8.77. The minimum atomic E-state index is -0.552. The number of ether oxygens (including phenoxy) is 1. The van der Waals surface area contributed by atoms with Crippen molar-refractivity contribution in [1.82, 2.24) is 4.98 Å². The van der Waals surface area contributed by atoms with Gasteiger partial charge < -0.3 is 21.2 Å². The number of hydrogen-bond donors (Lipinski definition) is 3. The Morgan fingerprint density at radius 1 is 1.14 bits per heavy atom. The standard InChI is InChI=1S/C19H17Cl2N5O2/c20-12-5-13(21)7-14(6-12)24-4-3-11-9-25-17-2-1-15(8-16(11)17)28-18(27)10-26-19(22)23/h1-2,4-9,25H,3,10H2,(H4,22,23,26). The molecule has 3 rings (SSSR count). The fourth-order valence-corrected chi connectivity index (χ4v) is 3.09. The third kappa shape index (κ3) is 5.25. The Bertz CT molecular complexity index is 1050. The molecule has 0 fully saturated rings. The zero-order chi connectivity index (χ0) is 20.1. The summed E-state index contributed by atoms with van der Waals surface area (Å²) in [6.07, 6.45) is 4.21. The van der Waals surface area contributed by atoms with E-state index in [9.17, 15) is 4.79 Å². The number of guanidine groups is 1. The maximum absolute atomic E-state index is 11.8. The number of nitrogens with zero attached hydrogens (tertiary/aromatic N) is 2. The summed E-state index contributed by atoms with van der Waals surface area (Å²) >= 11 is 12.0. The van der Waals surface area contributed by atoms with Crippen molar-refractivity contribution in [3.8, 4) is 5.75 Å². The number of aliphatic imine (C=N–C) groups is 2. The van der Waals surface area contributed by atoms with Crippen molar-refractivity contribution in [2.24, 2.45) is 21.5 Å². The van der Waals surface area contributed by atoms with E-state index in [1.54, 1.807) is 36.5 Å². The maximum atomic E-state index is 11.8. The molecule has 2 aromatic carbocycles. The molecule has 0 amide bonds. The predicted octanol–water partition coefficient (Wildman–Crippen LogP) is 3.60. The highest BCUT2D eigenvalue weighted by molar-refractivity contribution is 6.35. The molecule has 5 N–H and O–H groups in total. The van der Waals surface area contributed by atoms with Gasteiger partial charge in [-0.3, -0.25) is 4.99 Å². The molecule has 28 heavy (non-hydrogen) atoms. The minimum Gasteiger partial charge on any atom is -0.425 e. The van der Waals surface area contributed by atoms with Crippen LogP contribution in [0.1, 0.15) is 5.56 Å². The van der Waals surface area contributed by atoms with Crippen LogP contribution in [-0.2, 0) is 11.2 Å². The zero-order valence-electron chi connectivity index (χ0n) is 14.7. The Hall–Kier alpha value is -3.03. The van der Waals surface area contributed by atoms with Crippen LogP contribution in [0.5, 0.6) is 5.75 Å². The Morgan fingerprint density at radius 2 is 1.89 bits per heavy atom. The monoisotopic (exact) mass is 417 g/mol. The van der Waals surface area contributed by atoms with E-state index < -0.39 is 5.97 Å². The van der Waals surface area contributed by atoms with Gasteiger partial charge in [0, 0.05) is 39.8 Å². The SMILES string of the molecule is NC(N)=NCC(=O)Oc1ccc2[nH]cc(CC=Nc3cc(Cl)cc(Cl)c3)c2c1. The molecule has 0 aliphatic heterocycles. The molecule has 0 spiro atoms. The van der Waals surface area contributed by atoms with Gasteiger partial charge in [-0.15, -0.1) is 0 Å². The first-order chi connectivity index (χ1) is 13.4. The van der Waals surface area contributed by atoms with Gasteiger partial charge in [-0.05, 0) is 42.0 Å². The van der Waals surface area contributed by atoms with E-state index in [-0.39, 0.29) is 12.5 Å². The summed E-state index contributed by atoms with van der Waals surface area (Å²) in [6.45, 7) is -0.241. The van der Waals surface area contributed by atoms with Gasteiger partial charge in [0.15, 0.2) is 5.96 Å². The van der Waals surface area contributed by atoms with Gasteiger partial charge in [-0.25, -0.2) is 9.79 Å². The second-order valence-corrected chi connectivity index (χ2v) is 6.75. The van der Waals surface area contributed by atoms with Crippen molar-refractivity contribution >= 4 is 57.9 Å². The molecule has 0 saturated heterocycles. The topological polar surface area (TPSA) is 119 Å². The smallest absolute Gasteiger partial charge is 0.333 e. The average molecular weight is 418 g/mol. The van der Waals surface area contributed by atoms with Crippen LogP contribution in [0.2, 0.25) is 10.0 Å². The highest BCUT2D eigenvalue weighted by atomic mass is 35.5. The van der Waals surface area contributed by atoms with Gasteiger partial charge >= 0.3 is 5.97 Å². The summed E-state index contributed by atoms with van der Waals surface area (Å²) in [7, 11) is 0. The number of hydrogen-bond acceptors (Lipinski definition) is 4. The van der Waals surface area contributed by atoms with Gasteiger partial charge in [-0.1, -0.05) is 23.2 Å². The van der Waals surface area contributed by atoms with Crippen molar-refractivity contribution in [3.05, 3.63) is 58.2 Å². The fraction of sp³-hybridized carbons (Fsp3) is 0.105. The summed E-state index contributed by atoms with van der Waals surface area (Å²) in [5.41, 5.74) is 13.0. The number of fused-ring (bicyclic) bond motifs is 1. The lowest BCUT2D eigenvalue weighted by Gasteiger charge is -2.03. The Kier molecular flexibility index (Phi) is 6.18. The highest BCUT2D eigenvalue weighted by Crippen LogP contribution is 2.26. The maximum Gasteiger partial charge on any atom is 0.333 e. The number of nitrogens with two attached hydrogens (primary N) is 2. The van der Waals surface area contributed by atoms with Crippen LogP contribution in [0.25, 0.3) is 10.9 Å². The number of carbonyl (C=O) groups excluding carboxylic acids is 1. The molecule has 144 valence electrons. The normalized spacial score (nSPS) is 11.1. The third-order valence-electron chi connectivity index (χ3n) is 3.76. The van der Waals surface area contributed by atoms with Crippen LogP contribution in [0.15, 0.2) is 52.6 Å². The van der Waals surface area contributed by atoms with Gasteiger partial charge in [0.1, 0.15) is 12.3 Å². The van der Waals surface area contributed by atoms with E-state index in [1.807, 2.05) is 12.3 Å². The number of halogens is 2. The summed E-state index contributed by atoms with van der Waals surface area (Å²) in [6, 6.07) is 10.4. The van der Waals surface area contributed by atoms with Crippen LogP contribution in [-0.4, -0.2) is 29.7 Å². The van der Waals surface area contributed by atoms with Crippen LogP contribution in [0.3, 0.4) is 0 Å². The molecule has 0 aliphatic carbocycles. The van der Waals surface area contributed by atoms with Crippen LogP contribution < -0.4 is 16.2 Å². The molecule has 0 radical (unpaired) electrons. The van der Waals surface area contributed by atoms with Crippen LogP contribution >= 0.6 is 23.2 Å². The van der Waals surface area contributed by atoms with Gasteiger partial charge in [0.05, 0.1) is 5.69 Å². The molecule has 0 aliphatic rings. The molecular weight excluding hydrogens is 401 g/mol. The predicted molar refractivity (Wildman–Crippen MR) is 113 cm³/mol. The first-order valence-corrected chi connectivity index (χ1v) is 9.01. The third-order valence-corrected chi connectivity index (χ3v) is 4.20. The van der Waals surface area contributed by atoms with Crippen molar-refractivity contribution in [1.29, 1.82) is 0 Å². The molecule has 1 aromatic heterocycles. The molecule has 0 atom stereocenters. The summed E-state index contributed by atoms with van der Waals surface area (Å²) < 4.78 is 5.26. The minimum absolute atomic E-state index is 0.166. The van der Waals surface area contributed by atoms with E-state index in [1.165, 1.54) is 0 Å². The Labute approximate surface area is 171 Å². The summed E-state index contributed by atoms with van der Waals surface area (Å²) in [5, 5.41) is 1.97. The molecule has 0 saturated carbocycles.